The molecule has 0 aliphatic heterocycles. The number of para-hydroxylation sites is 1. The molecule has 3 nitrogen and oxygen atoms in total. The van der Waals surface area contributed by atoms with E-state index in [1.807, 2.05) is 30.3 Å². The van der Waals surface area contributed by atoms with Gasteiger partial charge in [0.05, 0.1) is 22.8 Å². The maximum absolute atomic E-state index is 13.4. The summed E-state index contributed by atoms with van der Waals surface area (Å²) in [6, 6.07) is 18.4. The average Bonchev–Trinajstić information content (AvgIpc) is 2.70. The Labute approximate surface area is 160 Å². The number of anilines is 1. The lowest BCUT2D eigenvalue weighted by Crippen LogP contribution is -2.40. The molecule has 2 aromatic carbocycles. The monoisotopic (exact) mass is 358 g/mol. The maximum Gasteiger partial charge on any atom is 0.230 e. The Morgan fingerprint density at radius 2 is 1.78 bits per heavy atom. The summed E-state index contributed by atoms with van der Waals surface area (Å²) >= 11 is 0. The molecule has 1 aliphatic carbocycles. The Morgan fingerprint density at radius 3 is 2.59 bits per heavy atom. The number of hydrogen-bond donors (Lipinski definition) is 1. The van der Waals surface area contributed by atoms with Crippen molar-refractivity contribution in [1.29, 1.82) is 0 Å². The summed E-state index contributed by atoms with van der Waals surface area (Å²) in [5.74, 6) is 0.141. The van der Waals surface area contributed by atoms with Crippen LogP contribution < -0.4 is 5.32 Å². The molecule has 1 amide bonds. The van der Waals surface area contributed by atoms with E-state index in [9.17, 15) is 4.79 Å². The van der Waals surface area contributed by atoms with E-state index in [2.05, 4.69) is 41.5 Å². The van der Waals surface area contributed by atoms with Crippen LogP contribution in [0.1, 0.15) is 43.2 Å². The van der Waals surface area contributed by atoms with Crippen molar-refractivity contribution < 1.29 is 4.79 Å². The van der Waals surface area contributed by atoms with Gasteiger partial charge in [-0.15, -0.1) is 0 Å². The summed E-state index contributed by atoms with van der Waals surface area (Å²) in [6.45, 7) is 2.14. The zero-order valence-electron chi connectivity index (χ0n) is 15.9. The summed E-state index contributed by atoms with van der Waals surface area (Å²) in [5.41, 5.74) is 3.96. The number of nitrogens with one attached hydrogen (secondary N) is 1. The van der Waals surface area contributed by atoms with Crippen molar-refractivity contribution in [2.24, 2.45) is 5.41 Å². The number of aromatic nitrogens is 1. The Hall–Kier alpha value is -2.68. The van der Waals surface area contributed by atoms with Crippen molar-refractivity contribution in [3.63, 3.8) is 0 Å². The quantitative estimate of drug-likeness (QED) is 0.652. The molecule has 27 heavy (non-hydrogen) atoms. The first kappa shape index (κ1) is 17.7. The first-order valence-electron chi connectivity index (χ1n) is 9.87. The molecule has 0 saturated heterocycles. The number of pyridine rings is 1. The van der Waals surface area contributed by atoms with Gasteiger partial charge in [-0.25, -0.2) is 0 Å². The van der Waals surface area contributed by atoms with E-state index < -0.39 is 0 Å². The maximum atomic E-state index is 13.4. The largest absolute Gasteiger partial charge is 0.324 e. The standard InChI is InChI=1S/C24H26N2O/c1-18-9-3-4-11-20(18)16-24(13-7-2-8-14-24)23(27)26-21-15-19-10-5-6-12-22(19)25-17-21/h3-6,9-12,15,17H,2,7-8,13-14,16H2,1H3,(H,26,27). The van der Waals surface area contributed by atoms with Gasteiger partial charge in [0.25, 0.3) is 0 Å². The summed E-state index contributed by atoms with van der Waals surface area (Å²) < 4.78 is 0. The second-order valence-corrected chi connectivity index (χ2v) is 7.82. The fourth-order valence-corrected chi connectivity index (χ4v) is 4.29. The van der Waals surface area contributed by atoms with E-state index in [0.29, 0.717) is 0 Å². The lowest BCUT2D eigenvalue weighted by atomic mass is 9.69. The molecule has 0 bridgehead atoms. The van der Waals surface area contributed by atoms with Crippen LogP contribution in [0.4, 0.5) is 5.69 Å². The molecular formula is C24H26N2O. The number of hydrogen-bond acceptors (Lipinski definition) is 2. The number of nitrogens with zero attached hydrogens (tertiary/aromatic N) is 1. The van der Waals surface area contributed by atoms with E-state index in [1.54, 1.807) is 6.20 Å². The van der Waals surface area contributed by atoms with Gasteiger partial charge in [0.2, 0.25) is 5.91 Å². The van der Waals surface area contributed by atoms with Gasteiger partial charge in [-0.05, 0) is 49.4 Å². The molecule has 0 unspecified atom stereocenters. The third-order valence-corrected chi connectivity index (χ3v) is 5.93. The normalized spacial score (nSPS) is 16.2. The number of benzene rings is 2. The van der Waals surface area contributed by atoms with Crippen LogP contribution in [0.25, 0.3) is 10.9 Å². The van der Waals surface area contributed by atoms with Crippen molar-refractivity contribution in [3.05, 3.63) is 71.9 Å². The number of fused-ring (bicyclic) bond motifs is 1. The SMILES string of the molecule is Cc1ccccc1CC1(C(=O)Nc2cnc3ccccc3c2)CCCCC1. The molecule has 1 heterocycles. The van der Waals surface area contributed by atoms with E-state index >= 15 is 0 Å². The molecule has 3 aromatic rings. The first-order valence-corrected chi connectivity index (χ1v) is 9.87. The Bertz CT molecular complexity index is 957. The highest BCUT2D eigenvalue weighted by Gasteiger charge is 2.39. The van der Waals surface area contributed by atoms with Crippen LogP contribution in [-0.2, 0) is 11.2 Å². The minimum atomic E-state index is -0.323. The van der Waals surface area contributed by atoms with Crippen molar-refractivity contribution in [3.8, 4) is 0 Å². The second kappa shape index (κ2) is 7.51. The molecule has 3 heteroatoms. The van der Waals surface area contributed by atoms with Crippen LogP contribution in [0.3, 0.4) is 0 Å². The molecule has 1 saturated carbocycles. The molecule has 4 rings (SSSR count). The van der Waals surface area contributed by atoms with Crippen molar-refractivity contribution >= 4 is 22.5 Å². The van der Waals surface area contributed by atoms with Crippen LogP contribution in [0.15, 0.2) is 60.8 Å². The van der Waals surface area contributed by atoms with E-state index in [0.717, 1.165) is 48.7 Å². The van der Waals surface area contributed by atoms with Gasteiger partial charge in [-0.1, -0.05) is 61.7 Å². The second-order valence-electron chi connectivity index (χ2n) is 7.82. The summed E-state index contributed by atoms with van der Waals surface area (Å²) in [7, 11) is 0. The van der Waals surface area contributed by atoms with Crippen LogP contribution in [-0.4, -0.2) is 10.9 Å². The Kier molecular flexibility index (Phi) is 4.93. The lowest BCUT2D eigenvalue weighted by molar-refractivity contribution is -0.127. The Balaban J connectivity index is 1.61. The minimum absolute atomic E-state index is 0.141. The molecule has 1 aliphatic rings. The summed E-state index contributed by atoms with van der Waals surface area (Å²) in [6.07, 6.45) is 7.95. The van der Waals surface area contributed by atoms with Crippen LogP contribution >= 0.6 is 0 Å². The molecule has 1 N–H and O–H groups in total. The molecular weight excluding hydrogens is 332 g/mol. The predicted molar refractivity (Wildman–Crippen MR) is 111 cm³/mol. The van der Waals surface area contributed by atoms with Gasteiger partial charge in [0, 0.05) is 5.39 Å². The zero-order valence-corrected chi connectivity index (χ0v) is 15.9. The minimum Gasteiger partial charge on any atom is -0.324 e. The number of amides is 1. The average molecular weight is 358 g/mol. The van der Waals surface area contributed by atoms with Gasteiger partial charge in [-0.3, -0.25) is 9.78 Å². The highest BCUT2D eigenvalue weighted by molar-refractivity contribution is 5.97. The van der Waals surface area contributed by atoms with Crippen LogP contribution in [0.5, 0.6) is 0 Å². The van der Waals surface area contributed by atoms with Gasteiger partial charge < -0.3 is 5.32 Å². The fraction of sp³-hybridized carbons (Fsp3) is 0.333. The molecule has 138 valence electrons. The van der Waals surface area contributed by atoms with Gasteiger partial charge in [0.15, 0.2) is 0 Å². The van der Waals surface area contributed by atoms with Crippen LogP contribution in [0, 0.1) is 12.3 Å². The third-order valence-electron chi connectivity index (χ3n) is 5.93. The number of rotatable bonds is 4. The Morgan fingerprint density at radius 1 is 1.04 bits per heavy atom. The van der Waals surface area contributed by atoms with Crippen molar-refractivity contribution in [1.82, 2.24) is 4.98 Å². The molecule has 0 spiro atoms. The summed E-state index contributed by atoms with van der Waals surface area (Å²) in [5, 5.41) is 4.23. The van der Waals surface area contributed by atoms with Gasteiger partial charge in [-0.2, -0.15) is 0 Å². The fourth-order valence-electron chi connectivity index (χ4n) is 4.29. The number of carbonyl (C=O) groups excluding carboxylic acids is 1. The predicted octanol–water partition coefficient (Wildman–Crippen LogP) is 5.67. The van der Waals surface area contributed by atoms with Crippen molar-refractivity contribution in [2.75, 3.05) is 5.32 Å². The molecule has 0 atom stereocenters. The molecule has 1 aromatic heterocycles. The zero-order chi connectivity index (χ0) is 18.7. The smallest absolute Gasteiger partial charge is 0.230 e. The van der Waals surface area contributed by atoms with Gasteiger partial charge >= 0.3 is 0 Å². The van der Waals surface area contributed by atoms with Crippen LogP contribution in [0.2, 0.25) is 0 Å². The third kappa shape index (κ3) is 3.73. The highest BCUT2D eigenvalue weighted by atomic mass is 16.2. The van der Waals surface area contributed by atoms with E-state index in [-0.39, 0.29) is 11.3 Å². The lowest BCUT2D eigenvalue weighted by Gasteiger charge is -2.36. The first-order chi connectivity index (χ1) is 13.2. The topological polar surface area (TPSA) is 42.0 Å². The number of aryl methyl sites for hydroxylation is 1. The molecule has 0 radical (unpaired) electrons. The van der Waals surface area contributed by atoms with Crippen molar-refractivity contribution in [2.45, 2.75) is 45.4 Å². The number of carbonyl (C=O) groups is 1. The highest BCUT2D eigenvalue weighted by Crippen LogP contribution is 2.41. The summed E-state index contributed by atoms with van der Waals surface area (Å²) in [4.78, 5) is 17.9. The van der Waals surface area contributed by atoms with E-state index in [4.69, 9.17) is 0 Å². The van der Waals surface area contributed by atoms with Gasteiger partial charge in [0.1, 0.15) is 0 Å². The van der Waals surface area contributed by atoms with E-state index in [1.165, 1.54) is 17.5 Å². The molecule has 1 fully saturated rings.